The van der Waals surface area contributed by atoms with Crippen molar-refractivity contribution >= 4 is 17.7 Å². The summed E-state index contributed by atoms with van der Waals surface area (Å²) in [5.74, 6) is 0.309. The van der Waals surface area contributed by atoms with Crippen LogP contribution in [-0.4, -0.2) is 33.4 Å². The molecule has 0 radical (unpaired) electrons. The molecule has 1 aromatic heterocycles. The summed E-state index contributed by atoms with van der Waals surface area (Å²) in [4.78, 5) is 24.8. The molecular weight excluding hydrogens is 280 g/mol. The third-order valence-electron chi connectivity index (χ3n) is 2.36. The molecule has 0 bridgehead atoms. The van der Waals surface area contributed by atoms with Gasteiger partial charge in [-0.3, -0.25) is 15.5 Å². The average molecular weight is 290 g/mol. The van der Waals surface area contributed by atoms with Gasteiger partial charge in [-0.25, -0.2) is 9.89 Å². The van der Waals surface area contributed by atoms with Gasteiger partial charge in [0, 0.05) is 11.6 Å². The molecule has 0 aliphatic rings. The molecule has 2 rings (SSSR count). The van der Waals surface area contributed by atoms with Crippen molar-refractivity contribution in [3.8, 4) is 5.75 Å². The molecule has 0 unspecified atom stereocenters. The van der Waals surface area contributed by atoms with Crippen LogP contribution in [-0.2, 0) is 0 Å². The Bertz CT molecular complexity index is 741. The summed E-state index contributed by atoms with van der Waals surface area (Å²) in [6, 6.07) is 4.38. The minimum Gasteiger partial charge on any atom is -0.490 e. The van der Waals surface area contributed by atoms with Crippen molar-refractivity contribution in [3.05, 3.63) is 50.6 Å². The SMILES string of the molecule is COc1ccc(/C=N\Nc2cn[nH]c(=O)n2)cc1[N+](=O)[O-]. The van der Waals surface area contributed by atoms with Gasteiger partial charge < -0.3 is 4.74 Å². The molecule has 1 aromatic carbocycles. The lowest BCUT2D eigenvalue weighted by Gasteiger charge is -2.02. The molecular formula is C11H10N6O4. The quantitative estimate of drug-likeness (QED) is 0.465. The number of anilines is 1. The van der Waals surface area contributed by atoms with E-state index in [1.54, 1.807) is 6.07 Å². The summed E-state index contributed by atoms with van der Waals surface area (Å²) in [5.41, 5.74) is 2.18. The minimum atomic E-state index is -0.615. The second kappa shape index (κ2) is 6.23. The molecule has 0 saturated carbocycles. The molecule has 0 aliphatic heterocycles. The first kappa shape index (κ1) is 14.1. The van der Waals surface area contributed by atoms with E-state index < -0.39 is 10.6 Å². The molecule has 10 heteroatoms. The molecule has 0 amide bonds. The van der Waals surface area contributed by atoms with Crippen LogP contribution in [0.1, 0.15) is 5.56 Å². The number of nitro benzene ring substituents is 1. The average Bonchev–Trinajstić information content (AvgIpc) is 2.47. The molecule has 0 saturated heterocycles. The Morgan fingerprint density at radius 2 is 2.33 bits per heavy atom. The number of nitrogens with one attached hydrogen (secondary N) is 2. The summed E-state index contributed by atoms with van der Waals surface area (Å²) in [6.07, 6.45) is 2.62. The summed E-state index contributed by atoms with van der Waals surface area (Å²) < 4.78 is 4.89. The number of hydrazone groups is 1. The topological polar surface area (TPSA) is 135 Å². The van der Waals surface area contributed by atoms with Crippen LogP contribution in [0.4, 0.5) is 11.5 Å². The number of hydrogen-bond donors (Lipinski definition) is 2. The number of nitrogens with zero attached hydrogens (tertiary/aromatic N) is 4. The number of ether oxygens (including phenoxy) is 1. The standard InChI is InChI=1S/C11H10N6O4/c1-21-9-3-2-7(4-8(9)17(19)20)5-12-15-10-6-13-16-11(18)14-10/h2-6H,1H3,(H2,14,15,16,18)/b12-5-. The summed E-state index contributed by atoms with van der Waals surface area (Å²) >= 11 is 0. The van der Waals surface area contributed by atoms with E-state index in [2.05, 4.69) is 25.7 Å². The smallest absolute Gasteiger partial charge is 0.363 e. The lowest BCUT2D eigenvalue weighted by molar-refractivity contribution is -0.385. The lowest BCUT2D eigenvalue weighted by atomic mass is 10.2. The van der Waals surface area contributed by atoms with Gasteiger partial charge in [-0.1, -0.05) is 0 Å². The molecule has 0 spiro atoms. The normalized spacial score (nSPS) is 10.5. The fourth-order valence-corrected chi connectivity index (χ4v) is 1.47. The van der Waals surface area contributed by atoms with Gasteiger partial charge in [0.25, 0.3) is 0 Å². The van der Waals surface area contributed by atoms with Crippen molar-refractivity contribution in [3.63, 3.8) is 0 Å². The number of hydrogen-bond acceptors (Lipinski definition) is 8. The van der Waals surface area contributed by atoms with Gasteiger partial charge in [0.2, 0.25) is 0 Å². The Labute approximate surface area is 117 Å². The third kappa shape index (κ3) is 3.59. The predicted molar refractivity (Wildman–Crippen MR) is 73.5 cm³/mol. The van der Waals surface area contributed by atoms with Crippen LogP contribution in [0.25, 0.3) is 0 Å². The van der Waals surface area contributed by atoms with E-state index >= 15 is 0 Å². The molecule has 21 heavy (non-hydrogen) atoms. The van der Waals surface area contributed by atoms with E-state index in [1.807, 2.05) is 0 Å². The van der Waals surface area contributed by atoms with Crippen molar-refractivity contribution in [1.29, 1.82) is 0 Å². The van der Waals surface area contributed by atoms with E-state index in [-0.39, 0.29) is 17.3 Å². The summed E-state index contributed by atoms with van der Waals surface area (Å²) in [5, 5.41) is 20.3. The van der Waals surface area contributed by atoms with E-state index in [0.29, 0.717) is 5.56 Å². The molecule has 2 N–H and O–H groups in total. The zero-order valence-electron chi connectivity index (χ0n) is 10.8. The van der Waals surface area contributed by atoms with Gasteiger partial charge in [-0.15, -0.1) is 0 Å². The number of aromatic nitrogens is 3. The highest BCUT2D eigenvalue weighted by Crippen LogP contribution is 2.26. The second-order valence-corrected chi connectivity index (χ2v) is 3.73. The first-order chi connectivity index (χ1) is 10.1. The molecule has 1 heterocycles. The van der Waals surface area contributed by atoms with E-state index in [0.717, 1.165) is 0 Å². The fourth-order valence-electron chi connectivity index (χ4n) is 1.47. The monoisotopic (exact) mass is 290 g/mol. The lowest BCUT2D eigenvalue weighted by Crippen LogP contribution is -2.13. The Kier molecular flexibility index (Phi) is 4.19. The van der Waals surface area contributed by atoms with Crippen LogP contribution in [0.5, 0.6) is 5.75 Å². The van der Waals surface area contributed by atoms with Gasteiger partial charge in [-0.2, -0.15) is 15.2 Å². The number of benzene rings is 1. The van der Waals surface area contributed by atoms with E-state index in [9.17, 15) is 14.9 Å². The van der Waals surface area contributed by atoms with Gasteiger partial charge in [0.05, 0.1) is 24.4 Å². The summed E-state index contributed by atoms with van der Waals surface area (Å²) in [7, 11) is 1.35. The molecule has 108 valence electrons. The predicted octanol–water partition coefficient (Wildman–Crippen LogP) is 0.528. The number of aromatic amines is 1. The Hall–Kier alpha value is -3.30. The third-order valence-corrected chi connectivity index (χ3v) is 2.36. The van der Waals surface area contributed by atoms with Crippen molar-refractivity contribution < 1.29 is 9.66 Å². The van der Waals surface area contributed by atoms with Crippen LogP contribution in [0, 0.1) is 10.1 Å². The van der Waals surface area contributed by atoms with Crippen molar-refractivity contribution in [1.82, 2.24) is 15.2 Å². The largest absolute Gasteiger partial charge is 0.490 e. The van der Waals surface area contributed by atoms with Crippen LogP contribution >= 0.6 is 0 Å². The van der Waals surface area contributed by atoms with Crippen molar-refractivity contribution in [2.45, 2.75) is 0 Å². The maximum absolute atomic E-state index is 10.9. The molecule has 0 fully saturated rings. The number of nitro groups is 1. The molecule has 0 aliphatic carbocycles. The summed E-state index contributed by atoms with van der Waals surface area (Å²) in [6.45, 7) is 0. The minimum absolute atomic E-state index is 0.151. The van der Waals surface area contributed by atoms with Gasteiger partial charge in [0.1, 0.15) is 0 Å². The van der Waals surface area contributed by atoms with Crippen molar-refractivity contribution in [2.24, 2.45) is 5.10 Å². The first-order valence-corrected chi connectivity index (χ1v) is 5.63. The van der Waals surface area contributed by atoms with Crippen molar-refractivity contribution in [2.75, 3.05) is 12.5 Å². The van der Waals surface area contributed by atoms with E-state index in [4.69, 9.17) is 4.74 Å². The number of H-pyrrole nitrogens is 1. The van der Waals surface area contributed by atoms with Crippen LogP contribution in [0.3, 0.4) is 0 Å². The Balaban J connectivity index is 2.16. The van der Waals surface area contributed by atoms with Gasteiger partial charge in [-0.05, 0) is 12.1 Å². The maximum atomic E-state index is 10.9. The van der Waals surface area contributed by atoms with Crippen LogP contribution < -0.4 is 15.9 Å². The van der Waals surface area contributed by atoms with Crippen LogP contribution in [0.2, 0.25) is 0 Å². The van der Waals surface area contributed by atoms with E-state index in [1.165, 1.54) is 31.7 Å². The molecule has 2 aromatic rings. The second-order valence-electron chi connectivity index (χ2n) is 3.73. The van der Waals surface area contributed by atoms with Gasteiger partial charge >= 0.3 is 11.4 Å². The highest BCUT2D eigenvalue weighted by molar-refractivity contribution is 5.82. The first-order valence-electron chi connectivity index (χ1n) is 5.63. The highest BCUT2D eigenvalue weighted by Gasteiger charge is 2.14. The zero-order chi connectivity index (χ0) is 15.2. The Morgan fingerprint density at radius 1 is 1.52 bits per heavy atom. The van der Waals surface area contributed by atoms with Gasteiger partial charge in [0.15, 0.2) is 11.6 Å². The molecule has 0 atom stereocenters. The molecule has 10 nitrogen and oxygen atoms in total. The zero-order valence-corrected chi connectivity index (χ0v) is 10.8. The van der Waals surface area contributed by atoms with Crippen LogP contribution in [0.15, 0.2) is 34.3 Å². The maximum Gasteiger partial charge on any atom is 0.363 e. The Morgan fingerprint density at radius 3 is 3.00 bits per heavy atom. The highest BCUT2D eigenvalue weighted by atomic mass is 16.6. The number of methoxy groups -OCH3 is 1. The fraction of sp³-hybridized carbons (Fsp3) is 0.0909. The number of rotatable bonds is 5.